The van der Waals surface area contributed by atoms with Crippen molar-refractivity contribution in [3.63, 3.8) is 0 Å². The Morgan fingerprint density at radius 3 is 2.72 bits per heavy atom. The van der Waals surface area contributed by atoms with Gasteiger partial charge in [0.1, 0.15) is 6.10 Å². The first-order chi connectivity index (χ1) is 8.39. The van der Waals surface area contributed by atoms with Crippen molar-refractivity contribution >= 4 is 21.5 Å². The summed E-state index contributed by atoms with van der Waals surface area (Å²) < 4.78 is 27.8. The summed E-state index contributed by atoms with van der Waals surface area (Å²) in [6.45, 7) is 1.76. The lowest BCUT2D eigenvalue weighted by atomic mass is 10.1. The fourth-order valence-corrected chi connectivity index (χ4v) is 3.62. The predicted octanol–water partition coefficient (Wildman–Crippen LogP) is 0.921. The van der Waals surface area contributed by atoms with Gasteiger partial charge in [-0.25, -0.2) is 13.2 Å². The molecule has 1 heterocycles. The summed E-state index contributed by atoms with van der Waals surface area (Å²) in [5.41, 5.74) is 7.12. The highest BCUT2D eigenvalue weighted by atomic mass is 32.2. The van der Waals surface area contributed by atoms with E-state index >= 15 is 0 Å². The molecule has 0 spiro atoms. The molecule has 1 unspecified atom stereocenters. The molecule has 1 saturated heterocycles. The van der Waals surface area contributed by atoms with Crippen molar-refractivity contribution in [2.75, 3.05) is 17.2 Å². The average Bonchev–Trinajstić information content (AvgIpc) is 2.57. The predicted molar refractivity (Wildman–Crippen MR) is 68.1 cm³/mol. The van der Waals surface area contributed by atoms with Gasteiger partial charge in [0.15, 0.2) is 9.84 Å². The van der Waals surface area contributed by atoms with Crippen molar-refractivity contribution in [1.29, 1.82) is 0 Å². The third kappa shape index (κ3) is 2.64. The Morgan fingerprint density at radius 2 is 2.17 bits per heavy atom. The summed E-state index contributed by atoms with van der Waals surface area (Å²) in [6.07, 6.45) is -0.193. The highest BCUT2D eigenvalue weighted by molar-refractivity contribution is 7.91. The summed E-state index contributed by atoms with van der Waals surface area (Å²) >= 11 is 0. The first-order valence-electron chi connectivity index (χ1n) is 5.65. The van der Waals surface area contributed by atoms with Crippen LogP contribution in [0.25, 0.3) is 0 Å². The number of rotatable bonds is 2. The minimum absolute atomic E-state index is 0.0776. The van der Waals surface area contributed by atoms with Gasteiger partial charge in [-0.2, -0.15) is 0 Å². The van der Waals surface area contributed by atoms with E-state index in [4.69, 9.17) is 10.5 Å². The SMILES string of the molecule is Cc1cccc(N)c1C(=O)OC1CCS(=O)(=O)C1. The third-order valence-electron chi connectivity index (χ3n) is 2.97. The van der Waals surface area contributed by atoms with E-state index in [1.807, 2.05) is 0 Å². The van der Waals surface area contributed by atoms with Gasteiger partial charge in [0, 0.05) is 5.69 Å². The molecule has 0 aromatic heterocycles. The van der Waals surface area contributed by atoms with E-state index < -0.39 is 21.9 Å². The summed E-state index contributed by atoms with van der Waals surface area (Å²) in [7, 11) is -3.05. The Balaban J connectivity index is 2.14. The molecule has 98 valence electrons. The van der Waals surface area contributed by atoms with Crippen LogP contribution in [0.5, 0.6) is 0 Å². The van der Waals surface area contributed by atoms with E-state index in [-0.39, 0.29) is 11.5 Å². The van der Waals surface area contributed by atoms with Crippen LogP contribution in [0.4, 0.5) is 5.69 Å². The normalized spacial score (nSPS) is 21.7. The number of hydrogen-bond donors (Lipinski definition) is 1. The number of hydrogen-bond acceptors (Lipinski definition) is 5. The van der Waals surface area contributed by atoms with Crippen LogP contribution in [-0.2, 0) is 14.6 Å². The monoisotopic (exact) mass is 269 g/mol. The molecule has 1 fully saturated rings. The Labute approximate surface area is 106 Å². The molecule has 6 heteroatoms. The van der Waals surface area contributed by atoms with Gasteiger partial charge < -0.3 is 10.5 Å². The lowest BCUT2D eigenvalue weighted by Crippen LogP contribution is -2.20. The molecule has 1 aromatic rings. The van der Waals surface area contributed by atoms with Crippen molar-refractivity contribution in [1.82, 2.24) is 0 Å². The average molecular weight is 269 g/mol. The molecule has 2 rings (SSSR count). The second kappa shape index (κ2) is 4.61. The summed E-state index contributed by atoms with van der Waals surface area (Å²) in [5.74, 6) is -0.564. The van der Waals surface area contributed by atoms with Gasteiger partial charge in [0.25, 0.3) is 0 Å². The van der Waals surface area contributed by atoms with Crippen molar-refractivity contribution < 1.29 is 17.9 Å². The van der Waals surface area contributed by atoms with E-state index in [0.29, 0.717) is 17.7 Å². The number of carbonyl (C=O) groups is 1. The fourth-order valence-electron chi connectivity index (χ4n) is 2.03. The number of esters is 1. The van der Waals surface area contributed by atoms with Crippen molar-refractivity contribution in [2.24, 2.45) is 0 Å². The Morgan fingerprint density at radius 1 is 1.44 bits per heavy atom. The number of aryl methyl sites for hydroxylation is 1. The summed E-state index contributed by atoms with van der Waals surface area (Å²) in [6, 6.07) is 5.13. The molecule has 1 aliphatic heterocycles. The fraction of sp³-hybridized carbons (Fsp3) is 0.417. The largest absolute Gasteiger partial charge is 0.458 e. The van der Waals surface area contributed by atoms with Crippen molar-refractivity contribution in [3.05, 3.63) is 29.3 Å². The van der Waals surface area contributed by atoms with Crippen LogP contribution in [0.15, 0.2) is 18.2 Å². The van der Waals surface area contributed by atoms with E-state index in [1.165, 1.54) is 0 Å². The molecule has 0 amide bonds. The summed E-state index contributed by atoms with van der Waals surface area (Å²) in [4.78, 5) is 12.0. The number of sulfone groups is 1. The van der Waals surface area contributed by atoms with Gasteiger partial charge in [-0.05, 0) is 25.0 Å². The standard InChI is InChI=1S/C12H15NO4S/c1-8-3-2-4-10(13)11(8)12(14)17-9-5-6-18(15,16)7-9/h2-4,9H,5-7,13H2,1H3. The number of nitrogens with two attached hydrogens (primary N) is 1. The van der Waals surface area contributed by atoms with E-state index in [1.54, 1.807) is 25.1 Å². The zero-order valence-electron chi connectivity index (χ0n) is 10.0. The zero-order valence-corrected chi connectivity index (χ0v) is 10.9. The molecule has 0 saturated carbocycles. The van der Waals surface area contributed by atoms with Gasteiger partial charge in [0.05, 0.1) is 17.1 Å². The first kappa shape index (κ1) is 12.9. The van der Waals surface area contributed by atoms with E-state index in [0.717, 1.165) is 5.56 Å². The van der Waals surface area contributed by atoms with Gasteiger partial charge in [-0.1, -0.05) is 12.1 Å². The topological polar surface area (TPSA) is 86.5 Å². The van der Waals surface area contributed by atoms with Gasteiger partial charge in [-0.15, -0.1) is 0 Å². The van der Waals surface area contributed by atoms with Crippen LogP contribution >= 0.6 is 0 Å². The smallest absolute Gasteiger partial charge is 0.340 e. The highest BCUT2D eigenvalue weighted by Crippen LogP contribution is 2.21. The third-order valence-corrected chi connectivity index (χ3v) is 4.71. The quantitative estimate of drug-likeness (QED) is 0.637. The number of benzene rings is 1. The maximum absolute atomic E-state index is 12.0. The Bertz CT molecular complexity index is 559. The second-order valence-electron chi connectivity index (χ2n) is 4.47. The van der Waals surface area contributed by atoms with Crippen LogP contribution in [0.3, 0.4) is 0 Å². The molecule has 0 bridgehead atoms. The molecule has 0 radical (unpaired) electrons. The second-order valence-corrected chi connectivity index (χ2v) is 6.70. The number of anilines is 1. The van der Waals surface area contributed by atoms with Crippen LogP contribution < -0.4 is 5.73 Å². The molecule has 1 atom stereocenters. The molecule has 2 N–H and O–H groups in total. The maximum atomic E-state index is 12.0. The molecular weight excluding hydrogens is 254 g/mol. The lowest BCUT2D eigenvalue weighted by Gasteiger charge is -2.13. The number of ether oxygens (including phenoxy) is 1. The molecule has 5 nitrogen and oxygen atoms in total. The van der Waals surface area contributed by atoms with Crippen molar-refractivity contribution in [2.45, 2.75) is 19.4 Å². The Hall–Kier alpha value is -1.56. The van der Waals surface area contributed by atoms with Crippen LogP contribution in [0, 0.1) is 6.92 Å². The van der Waals surface area contributed by atoms with E-state index in [2.05, 4.69) is 0 Å². The Kier molecular flexibility index (Phi) is 3.30. The van der Waals surface area contributed by atoms with Crippen molar-refractivity contribution in [3.8, 4) is 0 Å². The van der Waals surface area contributed by atoms with Crippen LogP contribution in [-0.4, -0.2) is 32.0 Å². The van der Waals surface area contributed by atoms with Gasteiger partial charge in [0.2, 0.25) is 0 Å². The molecule has 1 aromatic carbocycles. The maximum Gasteiger partial charge on any atom is 0.340 e. The minimum atomic E-state index is -3.05. The number of nitrogen functional groups attached to an aromatic ring is 1. The number of carbonyl (C=O) groups excluding carboxylic acids is 1. The van der Waals surface area contributed by atoms with Crippen LogP contribution in [0.1, 0.15) is 22.3 Å². The van der Waals surface area contributed by atoms with Gasteiger partial charge >= 0.3 is 5.97 Å². The first-order valence-corrected chi connectivity index (χ1v) is 7.48. The highest BCUT2D eigenvalue weighted by Gasteiger charge is 2.31. The molecule has 18 heavy (non-hydrogen) atoms. The lowest BCUT2D eigenvalue weighted by molar-refractivity contribution is 0.0357. The van der Waals surface area contributed by atoms with Gasteiger partial charge in [-0.3, -0.25) is 0 Å². The van der Waals surface area contributed by atoms with E-state index in [9.17, 15) is 13.2 Å². The zero-order chi connectivity index (χ0) is 13.3. The van der Waals surface area contributed by atoms with Crippen LogP contribution in [0.2, 0.25) is 0 Å². The summed E-state index contributed by atoms with van der Waals surface area (Å²) in [5, 5.41) is 0. The minimum Gasteiger partial charge on any atom is -0.458 e. The molecule has 0 aliphatic carbocycles. The molecular formula is C12H15NO4S. The molecule has 1 aliphatic rings.